The zero-order valence-electron chi connectivity index (χ0n) is 11.9. The lowest BCUT2D eigenvalue weighted by Gasteiger charge is -2.13. The molecular weight excluding hydrogens is 234 g/mol. The van der Waals surface area contributed by atoms with Crippen LogP contribution in [0.1, 0.15) is 35.8 Å². The fourth-order valence-electron chi connectivity index (χ4n) is 3.00. The fourth-order valence-corrected chi connectivity index (χ4v) is 3.00. The summed E-state index contributed by atoms with van der Waals surface area (Å²) in [6.45, 7) is 5.41. The molecule has 0 amide bonds. The lowest BCUT2D eigenvalue weighted by atomic mass is 10.0. The molecule has 3 rings (SSSR count). The molecular formula is C16H21N3. The van der Waals surface area contributed by atoms with E-state index in [1.165, 1.54) is 35.2 Å². The summed E-state index contributed by atoms with van der Waals surface area (Å²) in [5.41, 5.74) is 5.11. The Labute approximate surface area is 114 Å². The van der Waals surface area contributed by atoms with Crippen molar-refractivity contribution in [1.82, 2.24) is 14.9 Å². The molecule has 1 aliphatic heterocycles. The number of nitrogens with zero attached hydrogens (tertiary/aromatic N) is 2. The Morgan fingerprint density at radius 3 is 2.84 bits per heavy atom. The van der Waals surface area contributed by atoms with Crippen LogP contribution in [0.4, 0.5) is 0 Å². The number of imidazole rings is 1. The molecule has 2 heterocycles. The van der Waals surface area contributed by atoms with Gasteiger partial charge >= 0.3 is 0 Å². The van der Waals surface area contributed by atoms with Crippen molar-refractivity contribution in [3.05, 3.63) is 41.3 Å². The van der Waals surface area contributed by atoms with Crippen LogP contribution in [0.5, 0.6) is 0 Å². The zero-order valence-corrected chi connectivity index (χ0v) is 11.9. The van der Waals surface area contributed by atoms with Crippen LogP contribution in [0, 0.1) is 13.8 Å². The second kappa shape index (κ2) is 4.82. The average molecular weight is 255 g/mol. The van der Waals surface area contributed by atoms with Gasteiger partial charge in [-0.3, -0.25) is 0 Å². The highest BCUT2D eigenvalue weighted by Gasteiger charge is 2.22. The third-order valence-electron chi connectivity index (χ3n) is 4.05. The van der Waals surface area contributed by atoms with Crippen molar-refractivity contribution in [2.75, 3.05) is 6.54 Å². The van der Waals surface area contributed by atoms with Gasteiger partial charge in [0.1, 0.15) is 5.82 Å². The van der Waals surface area contributed by atoms with Gasteiger partial charge in [-0.05, 0) is 38.8 Å². The molecule has 19 heavy (non-hydrogen) atoms. The van der Waals surface area contributed by atoms with Crippen LogP contribution in [0.3, 0.4) is 0 Å². The maximum Gasteiger partial charge on any atom is 0.126 e. The average Bonchev–Trinajstić information content (AvgIpc) is 2.99. The molecule has 0 spiro atoms. The minimum atomic E-state index is 0.421. The van der Waals surface area contributed by atoms with Crippen LogP contribution in [0.15, 0.2) is 24.4 Å². The molecule has 1 aromatic carbocycles. The van der Waals surface area contributed by atoms with E-state index < -0.39 is 0 Å². The predicted octanol–water partition coefficient (Wildman–Crippen LogP) is 3.13. The predicted molar refractivity (Wildman–Crippen MR) is 78.1 cm³/mol. The zero-order chi connectivity index (χ0) is 13.4. The van der Waals surface area contributed by atoms with Crippen molar-refractivity contribution in [1.29, 1.82) is 0 Å². The van der Waals surface area contributed by atoms with E-state index in [0.29, 0.717) is 6.04 Å². The summed E-state index contributed by atoms with van der Waals surface area (Å²) >= 11 is 0. The summed E-state index contributed by atoms with van der Waals surface area (Å²) in [4.78, 5) is 4.64. The van der Waals surface area contributed by atoms with Crippen molar-refractivity contribution >= 4 is 0 Å². The molecule has 0 saturated carbocycles. The first kappa shape index (κ1) is 12.4. The van der Waals surface area contributed by atoms with E-state index in [1.807, 2.05) is 6.20 Å². The summed E-state index contributed by atoms with van der Waals surface area (Å²) < 4.78 is 2.24. The SMILES string of the molecule is Cc1ccc(-c2cnc(C3CCCN3)n2C)c(C)c1. The Morgan fingerprint density at radius 2 is 2.16 bits per heavy atom. The Kier molecular flexibility index (Phi) is 3.15. The van der Waals surface area contributed by atoms with Crippen LogP contribution in [-0.4, -0.2) is 16.1 Å². The third kappa shape index (κ3) is 2.19. The van der Waals surface area contributed by atoms with Crippen LogP contribution in [-0.2, 0) is 7.05 Å². The normalized spacial score (nSPS) is 19.0. The first-order valence-electron chi connectivity index (χ1n) is 6.99. The molecule has 0 aliphatic carbocycles. The van der Waals surface area contributed by atoms with Crippen LogP contribution in [0.2, 0.25) is 0 Å². The first-order chi connectivity index (χ1) is 9.16. The summed E-state index contributed by atoms with van der Waals surface area (Å²) in [5, 5.41) is 3.52. The van der Waals surface area contributed by atoms with E-state index in [-0.39, 0.29) is 0 Å². The highest BCUT2D eigenvalue weighted by atomic mass is 15.1. The molecule has 1 aliphatic rings. The maximum atomic E-state index is 4.64. The van der Waals surface area contributed by atoms with Gasteiger partial charge in [0.2, 0.25) is 0 Å². The van der Waals surface area contributed by atoms with E-state index in [2.05, 4.69) is 54.0 Å². The molecule has 1 aromatic heterocycles. The molecule has 1 saturated heterocycles. The Hall–Kier alpha value is -1.61. The quantitative estimate of drug-likeness (QED) is 0.893. The lowest BCUT2D eigenvalue weighted by molar-refractivity contribution is 0.581. The highest BCUT2D eigenvalue weighted by molar-refractivity contribution is 5.64. The summed E-state index contributed by atoms with van der Waals surface area (Å²) in [5.74, 6) is 1.16. The van der Waals surface area contributed by atoms with Crippen LogP contribution >= 0.6 is 0 Å². The van der Waals surface area contributed by atoms with Gasteiger partial charge in [-0.15, -0.1) is 0 Å². The topological polar surface area (TPSA) is 29.9 Å². The standard InChI is InChI=1S/C16H21N3/c1-11-6-7-13(12(2)9-11)15-10-18-16(19(15)3)14-5-4-8-17-14/h6-7,9-10,14,17H,4-5,8H2,1-3H3. The smallest absolute Gasteiger partial charge is 0.126 e. The number of hydrogen-bond acceptors (Lipinski definition) is 2. The molecule has 100 valence electrons. The first-order valence-corrected chi connectivity index (χ1v) is 6.99. The van der Waals surface area contributed by atoms with Gasteiger partial charge in [0, 0.05) is 12.6 Å². The minimum absolute atomic E-state index is 0.421. The molecule has 0 radical (unpaired) electrons. The van der Waals surface area contributed by atoms with Gasteiger partial charge < -0.3 is 9.88 Å². The van der Waals surface area contributed by atoms with Gasteiger partial charge in [0.25, 0.3) is 0 Å². The van der Waals surface area contributed by atoms with Crippen molar-refractivity contribution in [2.45, 2.75) is 32.7 Å². The van der Waals surface area contributed by atoms with Crippen LogP contribution in [0.25, 0.3) is 11.3 Å². The highest BCUT2D eigenvalue weighted by Crippen LogP contribution is 2.28. The summed E-state index contributed by atoms with van der Waals surface area (Å²) in [6.07, 6.45) is 4.45. The van der Waals surface area contributed by atoms with E-state index in [0.717, 1.165) is 12.4 Å². The number of nitrogens with one attached hydrogen (secondary N) is 1. The van der Waals surface area contributed by atoms with Gasteiger partial charge in [-0.1, -0.05) is 23.8 Å². The molecule has 1 atom stereocenters. The lowest BCUT2D eigenvalue weighted by Crippen LogP contribution is -2.17. The number of hydrogen-bond donors (Lipinski definition) is 1. The Bertz CT molecular complexity index is 592. The van der Waals surface area contributed by atoms with Crippen molar-refractivity contribution < 1.29 is 0 Å². The monoisotopic (exact) mass is 255 g/mol. The minimum Gasteiger partial charge on any atom is -0.330 e. The van der Waals surface area contributed by atoms with E-state index in [4.69, 9.17) is 0 Å². The number of rotatable bonds is 2. The van der Waals surface area contributed by atoms with E-state index >= 15 is 0 Å². The third-order valence-corrected chi connectivity index (χ3v) is 4.05. The molecule has 1 N–H and O–H groups in total. The van der Waals surface area contributed by atoms with Crippen molar-refractivity contribution in [2.24, 2.45) is 7.05 Å². The second-order valence-corrected chi connectivity index (χ2v) is 5.53. The Morgan fingerprint density at radius 1 is 1.32 bits per heavy atom. The van der Waals surface area contributed by atoms with Gasteiger partial charge in [0.15, 0.2) is 0 Å². The molecule has 1 fully saturated rings. The van der Waals surface area contributed by atoms with Crippen LogP contribution < -0.4 is 5.32 Å². The van der Waals surface area contributed by atoms with Crippen molar-refractivity contribution in [3.63, 3.8) is 0 Å². The summed E-state index contributed by atoms with van der Waals surface area (Å²) in [6, 6.07) is 7.02. The molecule has 3 nitrogen and oxygen atoms in total. The second-order valence-electron chi connectivity index (χ2n) is 5.53. The van der Waals surface area contributed by atoms with E-state index in [1.54, 1.807) is 0 Å². The van der Waals surface area contributed by atoms with Gasteiger partial charge in [-0.25, -0.2) is 4.98 Å². The molecule has 3 heteroatoms. The Balaban J connectivity index is 2.01. The summed E-state index contributed by atoms with van der Waals surface area (Å²) in [7, 11) is 2.12. The number of aromatic nitrogens is 2. The fraction of sp³-hybridized carbons (Fsp3) is 0.438. The molecule has 0 bridgehead atoms. The largest absolute Gasteiger partial charge is 0.330 e. The van der Waals surface area contributed by atoms with E-state index in [9.17, 15) is 0 Å². The number of benzene rings is 1. The van der Waals surface area contributed by atoms with Gasteiger partial charge in [-0.2, -0.15) is 0 Å². The maximum absolute atomic E-state index is 4.64. The van der Waals surface area contributed by atoms with Gasteiger partial charge in [0.05, 0.1) is 17.9 Å². The molecule has 1 unspecified atom stereocenters. The number of aryl methyl sites for hydroxylation is 2. The van der Waals surface area contributed by atoms with Crippen molar-refractivity contribution in [3.8, 4) is 11.3 Å². The molecule has 2 aromatic rings.